The Morgan fingerprint density at radius 3 is 2.95 bits per heavy atom. The lowest BCUT2D eigenvalue weighted by molar-refractivity contribution is 0.0958. The summed E-state index contributed by atoms with van der Waals surface area (Å²) in [4.78, 5) is 12.8. The second-order valence-corrected chi connectivity index (χ2v) is 7.75. The van der Waals surface area contributed by atoms with Crippen molar-refractivity contribution in [3.05, 3.63) is 27.5 Å². The van der Waals surface area contributed by atoms with Gasteiger partial charge in [-0.05, 0) is 37.0 Å². The quantitative estimate of drug-likeness (QED) is 0.688. The van der Waals surface area contributed by atoms with E-state index in [0.717, 1.165) is 27.4 Å². The second-order valence-electron chi connectivity index (χ2n) is 4.79. The fraction of sp³-hybridized carbons (Fsp3) is 0.400. The standard InChI is InChI=1S/C15H19BrN2OS2/c1-20-8-4-2-3-7-18-15(19)14-13(17)11-6-5-10(16)9-12(11)21-14/h5-6,9H,2-4,7-8,17H2,1H3,(H,18,19). The van der Waals surface area contributed by atoms with Gasteiger partial charge in [0.25, 0.3) is 5.91 Å². The molecule has 0 aliphatic heterocycles. The van der Waals surface area contributed by atoms with Gasteiger partial charge in [-0.3, -0.25) is 4.79 Å². The van der Waals surface area contributed by atoms with Gasteiger partial charge in [-0.15, -0.1) is 11.3 Å². The van der Waals surface area contributed by atoms with Crippen molar-refractivity contribution in [2.75, 3.05) is 24.3 Å². The Bertz CT molecular complexity index is 627. The first-order valence-corrected chi connectivity index (χ1v) is 9.88. The minimum Gasteiger partial charge on any atom is -0.397 e. The summed E-state index contributed by atoms with van der Waals surface area (Å²) < 4.78 is 2.03. The molecule has 0 saturated heterocycles. The number of anilines is 1. The van der Waals surface area contributed by atoms with Gasteiger partial charge in [0, 0.05) is 21.1 Å². The van der Waals surface area contributed by atoms with Crippen molar-refractivity contribution in [1.29, 1.82) is 0 Å². The maximum Gasteiger partial charge on any atom is 0.263 e. The number of carbonyl (C=O) groups excluding carboxylic acids is 1. The second kappa shape index (κ2) is 8.06. The first kappa shape index (κ1) is 16.6. The molecule has 0 unspecified atom stereocenters. The van der Waals surface area contributed by atoms with Crippen molar-refractivity contribution in [2.24, 2.45) is 0 Å². The molecule has 0 fully saturated rings. The van der Waals surface area contributed by atoms with E-state index in [4.69, 9.17) is 5.73 Å². The van der Waals surface area contributed by atoms with Crippen LogP contribution in [0.5, 0.6) is 0 Å². The van der Waals surface area contributed by atoms with Gasteiger partial charge in [0.15, 0.2) is 0 Å². The largest absolute Gasteiger partial charge is 0.397 e. The number of halogens is 1. The number of nitrogen functional groups attached to an aromatic ring is 1. The lowest BCUT2D eigenvalue weighted by atomic mass is 10.2. The van der Waals surface area contributed by atoms with E-state index in [-0.39, 0.29) is 5.91 Å². The van der Waals surface area contributed by atoms with Crippen LogP contribution in [0.15, 0.2) is 22.7 Å². The lowest BCUT2D eigenvalue weighted by Crippen LogP contribution is -2.24. The smallest absolute Gasteiger partial charge is 0.263 e. The van der Waals surface area contributed by atoms with Gasteiger partial charge in [0.05, 0.1) is 5.69 Å². The third kappa shape index (κ3) is 4.37. The molecule has 1 amide bonds. The fourth-order valence-electron chi connectivity index (χ4n) is 2.09. The number of benzene rings is 1. The van der Waals surface area contributed by atoms with Crippen LogP contribution in [0.25, 0.3) is 10.1 Å². The molecular formula is C15H19BrN2OS2. The Balaban J connectivity index is 1.95. The van der Waals surface area contributed by atoms with E-state index in [2.05, 4.69) is 27.5 Å². The maximum atomic E-state index is 12.2. The SMILES string of the molecule is CSCCCCCNC(=O)c1sc2cc(Br)ccc2c1N. The van der Waals surface area contributed by atoms with Crippen LogP contribution in [-0.2, 0) is 0 Å². The van der Waals surface area contributed by atoms with Crippen LogP contribution in [0, 0.1) is 0 Å². The first-order valence-electron chi connectivity index (χ1n) is 6.88. The monoisotopic (exact) mass is 386 g/mol. The van der Waals surface area contributed by atoms with E-state index in [1.54, 1.807) is 0 Å². The third-order valence-electron chi connectivity index (χ3n) is 3.21. The van der Waals surface area contributed by atoms with Crippen molar-refractivity contribution in [3.63, 3.8) is 0 Å². The number of hydrogen-bond acceptors (Lipinski definition) is 4. The molecule has 1 aromatic carbocycles. The zero-order valence-electron chi connectivity index (χ0n) is 11.9. The van der Waals surface area contributed by atoms with Gasteiger partial charge in [-0.25, -0.2) is 0 Å². The van der Waals surface area contributed by atoms with E-state index in [9.17, 15) is 4.79 Å². The average Bonchev–Trinajstić information content (AvgIpc) is 2.79. The Morgan fingerprint density at radius 1 is 1.38 bits per heavy atom. The van der Waals surface area contributed by atoms with Crippen LogP contribution in [0.4, 0.5) is 5.69 Å². The van der Waals surface area contributed by atoms with E-state index < -0.39 is 0 Å². The highest BCUT2D eigenvalue weighted by Crippen LogP contribution is 2.35. The number of nitrogens with one attached hydrogen (secondary N) is 1. The van der Waals surface area contributed by atoms with Crippen molar-refractivity contribution >= 4 is 60.7 Å². The van der Waals surface area contributed by atoms with Crippen LogP contribution in [0.2, 0.25) is 0 Å². The zero-order chi connectivity index (χ0) is 15.2. The molecule has 0 saturated carbocycles. The Labute approximate surface area is 141 Å². The Hall–Kier alpha value is -0.720. The molecule has 2 aromatic rings. The Morgan fingerprint density at radius 2 is 2.19 bits per heavy atom. The average molecular weight is 387 g/mol. The fourth-order valence-corrected chi connectivity index (χ4v) is 4.17. The number of thioether (sulfide) groups is 1. The van der Waals surface area contributed by atoms with Crippen LogP contribution >= 0.6 is 39.0 Å². The normalized spacial score (nSPS) is 11.0. The number of unbranched alkanes of at least 4 members (excludes halogenated alkanes) is 2. The molecule has 0 atom stereocenters. The predicted octanol–water partition coefficient (Wildman–Crippen LogP) is 4.51. The molecule has 2 rings (SSSR count). The van der Waals surface area contributed by atoms with Crippen LogP contribution in [0.1, 0.15) is 28.9 Å². The van der Waals surface area contributed by atoms with Crippen LogP contribution < -0.4 is 11.1 Å². The summed E-state index contributed by atoms with van der Waals surface area (Å²) in [6, 6.07) is 5.89. The number of hydrogen-bond donors (Lipinski definition) is 2. The van der Waals surface area contributed by atoms with Crippen molar-refractivity contribution in [1.82, 2.24) is 5.32 Å². The summed E-state index contributed by atoms with van der Waals surface area (Å²) in [5.41, 5.74) is 6.68. The summed E-state index contributed by atoms with van der Waals surface area (Å²) in [7, 11) is 0. The lowest BCUT2D eigenvalue weighted by Gasteiger charge is -2.04. The number of rotatable bonds is 7. The van der Waals surface area contributed by atoms with E-state index in [1.165, 1.54) is 23.5 Å². The molecule has 0 spiro atoms. The highest BCUT2D eigenvalue weighted by Gasteiger charge is 2.15. The molecule has 3 N–H and O–H groups in total. The van der Waals surface area contributed by atoms with Gasteiger partial charge in [-0.1, -0.05) is 28.4 Å². The summed E-state index contributed by atoms with van der Waals surface area (Å²) in [6.07, 6.45) is 5.49. The molecule has 1 aromatic heterocycles. The van der Waals surface area contributed by atoms with Crippen molar-refractivity contribution < 1.29 is 4.79 Å². The van der Waals surface area contributed by atoms with E-state index in [1.807, 2.05) is 30.0 Å². The minimum absolute atomic E-state index is 0.0605. The topological polar surface area (TPSA) is 55.1 Å². The summed E-state index contributed by atoms with van der Waals surface area (Å²) in [5, 5.41) is 3.92. The minimum atomic E-state index is -0.0605. The predicted molar refractivity (Wildman–Crippen MR) is 98.5 cm³/mol. The van der Waals surface area contributed by atoms with E-state index >= 15 is 0 Å². The number of nitrogens with two attached hydrogens (primary N) is 1. The molecule has 0 aliphatic carbocycles. The molecule has 3 nitrogen and oxygen atoms in total. The van der Waals surface area contributed by atoms with Gasteiger partial charge >= 0.3 is 0 Å². The zero-order valence-corrected chi connectivity index (χ0v) is 15.2. The Kier molecular flexibility index (Phi) is 6.39. The summed E-state index contributed by atoms with van der Waals surface area (Å²) in [6.45, 7) is 0.713. The van der Waals surface area contributed by atoms with Crippen molar-refractivity contribution in [2.45, 2.75) is 19.3 Å². The van der Waals surface area contributed by atoms with Gasteiger partial charge in [0.2, 0.25) is 0 Å². The molecule has 21 heavy (non-hydrogen) atoms. The van der Waals surface area contributed by atoms with E-state index in [0.29, 0.717) is 17.1 Å². The van der Waals surface area contributed by atoms with Crippen molar-refractivity contribution in [3.8, 4) is 0 Å². The highest BCUT2D eigenvalue weighted by molar-refractivity contribution is 9.10. The maximum absolute atomic E-state index is 12.2. The summed E-state index contributed by atoms with van der Waals surface area (Å²) in [5.74, 6) is 1.13. The number of fused-ring (bicyclic) bond motifs is 1. The third-order valence-corrected chi connectivity index (χ3v) is 5.56. The number of carbonyl (C=O) groups is 1. The van der Waals surface area contributed by atoms with Crippen LogP contribution in [0.3, 0.4) is 0 Å². The molecule has 1 heterocycles. The molecule has 0 bridgehead atoms. The molecule has 0 radical (unpaired) electrons. The van der Waals surface area contributed by atoms with Crippen LogP contribution in [-0.4, -0.2) is 24.5 Å². The summed E-state index contributed by atoms with van der Waals surface area (Å²) >= 11 is 6.75. The van der Waals surface area contributed by atoms with Gasteiger partial charge in [-0.2, -0.15) is 11.8 Å². The van der Waals surface area contributed by atoms with Gasteiger partial charge < -0.3 is 11.1 Å². The molecular weight excluding hydrogens is 368 g/mol. The number of thiophene rings is 1. The molecule has 0 aliphatic rings. The number of amides is 1. The first-order chi connectivity index (χ1) is 10.1. The molecule has 6 heteroatoms. The highest BCUT2D eigenvalue weighted by atomic mass is 79.9. The van der Waals surface area contributed by atoms with Gasteiger partial charge in [0.1, 0.15) is 4.88 Å². The molecule has 114 valence electrons.